The monoisotopic (exact) mass is 284 g/mol. The van der Waals surface area contributed by atoms with Crippen molar-refractivity contribution < 1.29 is 5.11 Å². The zero-order valence-corrected chi connectivity index (χ0v) is 10.9. The average molecular weight is 285 g/mol. The molecule has 1 fully saturated rings. The van der Waals surface area contributed by atoms with Crippen LogP contribution in [-0.2, 0) is 0 Å². The molecule has 1 aromatic rings. The quantitative estimate of drug-likeness (QED) is 0.778. The third-order valence-corrected chi connectivity index (χ3v) is 3.74. The number of hydrogen-bond acceptors (Lipinski definition) is 3. The van der Waals surface area contributed by atoms with E-state index in [1.54, 1.807) is 0 Å². The van der Waals surface area contributed by atoms with Gasteiger partial charge in [0.05, 0.1) is 17.5 Å². The van der Waals surface area contributed by atoms with Crippen LogP contribution in [0.1, 0.15) is 13.3 Å². The molecule has 1 aliphatic rings. The zero-order chi connectivity index (χ0) is 11.7. The van der Waals surface area contributed by atoms with Crippen molar-refractivity contribution in [1.82, 2.24) is 0 Å². The fourth-order valence-electron chi connectivity index (χ4n) is 2.08. The number of hydrogen-bond donors (Lipinski definition) is 2. The molecular formula is C12H17BrN2O. The molecule has 2 unspecified atom stereocenters. The molecule has 88 valence electrons. The van der Waals surface area contributed by atoms with Crippen molar-refractivity contribution in [2.75, 3.05) is 23.7 Å². The molecule has 3 N–H and O–H groups in total. The van der Waals surface area contributed by atoms with Gasteiger partial charge in [0.25, 0.3) is 0 Å². The first-order chi connectivity index (χ1) is 7.58. The van der Waals surface area contributed by atoms with Gasteiger partial charge in [-0.25, -0.2) is 0 Å². The van der Waals surface area contributed by atoms with E-state index in [0.29, 0.717) is 12.5 Å². The molecule has 0 radical (unpaired) electrons. The third-order valence-electron chi connectivity index (χ3n) is 3.25. The Morgan fingerprint density at radius 1 is 1.50 bits per heavy atom. The van der Waals surface area contributed by atoms with E-state index in [2.05, 4.69) is 27.8 Å². The highest BCUT2D eigenvalue weighted by Crippen LogP contribution is 2.30. The van der Waals surface area contributed by atoms with Crippen molar-refractivity contribution in [3.63, 3.8) is 0 Å². The molecule has 0 amide bonds. The number of nitrogens with two attached hydrogens (primary N) is 1. The van der Waals surface area contributed by atoms with E-state index in [1.165, 1.54) is 0 Å². The number of halogens is 1. The van der Waals surface area contributed by atoms with Crippen LogP contribution < -0.4 is 10.6 Å². The van der Waals surface area contributed by atoms with Crippen LogP contribution in [-0.4, -0.2) is 24.3 Å². The fraction of sp³-hybridized carbons (Fsp3) is 0.500. The second kappa shape index (κ2) is 4.63. The van der Waals surface area contributed by atoms with Crippen LogP contribution in [0.2, 0.25) is 0 Å². The van der Waals surface area contributed by atoms with Crippen molar-refractivity contribution in [3.05, 3.63) is 22.7 Å². The summed E-state index contributed by atoms with van der Waals surface area (Å²) in [5, 5.41) is 9.86. The maximum Gasteiger partial charge on any atom is 0.0741 e. The second-order valence-corrected chi connectivity index (χ2v) is 5.40. The Hall–Kier alpha value is -0.740. The molecule has 1 saturated heterocycles. The molecule has 1 aromatic carbocycles. The third kappa shape index (κ3) is 2.33. The minimum atomic E-state index is -0.253. The Morgan fingerprint density at radius 3 is 2.88 bits per heavy atom. The number of anilines is 2. The average Bonchev–Trinajstić information content (AvgIpc) is 2.22. The first kappa shape index (κ1) is 11.7. The number of piperidine rings is 1. The summed E-state index contributed by atoms with van der Waals surface area (Å²) in [5.41, 5.74) is 7.76. The summed E-state index contributed by atoms with van der Waals surface area (Å²) >= 11 is 3.39. The van der Waals surface area contributed by atoms with Crippen molar-refractivity contribution in [2.45, 2.75) is 19.4 Å². The van der Waals surface area contributed by atoms with Gasteiger partial charge in [0, 0.05) is 17.6 Å². The predicted octanol–water partition coefficient (Wildman–Crippen LogP) is 2.24. The lowest BCUT2D eigenvalue weighted by Crippen LogP contribution is -2.43. The number of β-amino-alcohol motifs (C(OH)–C–C–N with tert-alkyl or cyclic N) is 1. The molecule has 1 aliphatic heterocycles. The summed E-state index contributed by atoms with van der Waals surface area (Å²) in [7, 11) is 0. The maximum atomic E-state index is 9.86. The Kier molecular flexibility index (Phi) is 3.40. The van der Waals surface area contributed by atoms with Gasteiger partial charge in [-0.1, -0.05) is 22.9 Å². The van der Waals surface area contributed by atoms with Gasteiger partial charge in [-0.15, -0.1) is 0 Å². The van der Waals surface area contributed by atoms with Gasteiger partial charge in [0.2, 0.25) is 0 Å². The van der Waals surface area contributed by atoms with E-state index < -0.39 is 0 Å². The number of nitrogens with zero attached hydrogens (tertiary/aromatic N) is 1. The largest absolute Gasteiger partial charge is 0.397 e. The normalized spacial score (nSPS) is 25.8. The Morgan fingerprint density at radius 2 is 2.25 bits per heavy atom. The van der Waals surface area contributed by atoms with Crippen LogP contribution in [0, 0.1) is 5.92 Å². The smallest absolute Gasteiger partial charge is 0.0741 e. The number of aliphatic hydroxyl groups excluding tert-OH is 1. The van der Waals surface area contributed by atoms with Crippen LogP contribution in [0.3, 0.4) is 0 Å². The highest BCUT2D eigenvalue weighted by molar-refractivity contribution is 9.10. The molecule has 2 rings (SSSR count). The van der Waals surface area contributed by atoms with Crippen LogP contribution in [0.25, 0.3) is 0 Å². The SMILES string of the molecule is CC1CCN(c2ccc(Br)cc2N)CC1O. The summed E-state index contributed by atoms with van der Waals surface area (Å²) < 4.78 is 0.986. The lowest BCUT2D eigenvalue weighted by molar-refractivity contribution is 0.103. The summed E-state index contributed by atoms with van der Waals surface area (Å²) in [5.74, 6) is 0.382. The summed E-state index contributed by atoms with van der Waals surface area (Å²) in [6.07, 6.45) is 0.758. The first-order valence-electron chi connectivity index (χ1n) is 5.56. The van der Waals surface area contributed by atoms with Gasteiger partial charge < -0.3 is 15.7 Å². The van der Waals surface area contributed by atoms with Gasteiger partial charge >= 0.3 is 0 Å². The van der Waals surface area contributed by atoms with E-state index >= 15 is 0 Å². The van der Waals surface area contributed by atoms with Gasteiger partial charge in [0.15, 0.2) is 0 Å². The van der Waals surface area contributed by atoms with Crippen LogP contribution >= 0.6 is 15.9 Å². The molecular weight excluding hydrogens is 268 g/mol. The first-order valence-corrected chi connectivity index (χ1v) is 6.35. The Bertz CT molecular complexity index is 383. The molecule has 16 heavy (non-hydrogen) atoms. The van der Waals surface area contributed by atoms with E-state index in [0.717, 1.165) is 28.8 Å². The summed E-state index contributed by atoms with van der Waals surface area (Å²) in [4.78, 5) is 2.16. The number of rotatable bonds is 1. The summed E-state index contributed by atoms with van der Waals surface area (Å²) in [6.45, 7) is 3.73. The van der Waals surface area contributed by atoms with E-state index in [-0.39, 0.29) is 6.10 Å². The van der Waals surface area contributed by atoms with Crippen molar-refractivity contribution in [1.29, 1.82) is 0 Å². The molecule has 1 heterocycles. The lowest BCUT2D eigenvalue weighted by atomic mass is 9.95. The number of nitrogen functional groups attached to an aromatic ring is 1. The summed E-state index contributed by atoms with van der Waals surface area (Å²) in [6, 6.07) is 5.89. The zero-order valence-electron chi connectivity index (χ0n) is 9.36. The second-order valence-electron chi connectivity index (χ2n) is 4.48. The maximum absolute atomic E-state index is 9.86. The molecule has 4 heteroatoms. The highest BCUT2D eigenvalue weighted by atomic mass is 79.9. The van der Waals surface area contributed by atoms with Crippen LogP contribution in [0.5, 0.6) is 0 Å². The van der Waals surface area contributed by atoms with Crippen LogP contribution in [0.15, 0.2) is 22.7 Å². The number of benzene rings is 1. The van der Waals surface area contributed by atoms with E-state index in [4.69, 9.17) is 5.73 Å². The van der Waals surface area contributed by atoms with Crippen molar-refractivity contribution >= 4 is 27.3 Å². The van der Waals surface area contributed by atoms with Crippen molar-refractivity contribution in [3.8, 4) is 0 Å². The molecule has 2 atom stereocenters. The Balaban J connectivity index is 2.18. The Labute approximate surface area is 104 Å². The van der Waals surface area contributed by atoms with Gasteiger partial charge in [0.1, 0.15) is 0 Å². The van der Waals surface area contributed by atoms with Gasteiger partial charge in [-0.3, -0.25) is 0 Å². The molecule has 0 bridgehead atoms. The minimum absolute atomic E-state index is 0.253. The predicted molar refractivity (Wildman–Crippen MR) is 70.6 cm³/mol. The van der Waals surface area contributed by atoms with E-state index in [1.807, 2.05) is 18.2 Å². The molecule has 0 aliphatic carbocycles. The molecule has 3 nitrogen and oxygen atoms in total. The molecule has 0 saturated carbocycles. The van der Waals surface area contributed by atoms with Gasteiger partial charge in [-0.2, -0.15) is 0 Å². The number of aliphatic hydroxyl groups is 1. The highest BCUT2D eigenvalue weighted by Gasteiger charge is 2.25. The fourth-order valence-corrected chi connectivity index (χ4v) is 2.46. The topological polar surface area (TPSA) is 49.5 Å². The van der Waals surface area contributed by atoms with Gasteiger partial charge in [-0.05, 0) is 30.5 Å². The molecule has 0 spiro atoms. The standard InChI is InChI=1S/C12H17BrN2O/c1-8-4-5-15(7-12(8)16)11-3-2-9(13)6-10(11)14/h2-3,6,8,12,16H,4-5,7,14H2,1H3. The van der Waals surface area contributed by atoms with E-state index in [9.17, 15) is 5.11 Å². The van der Waals surface area contributed by atoms with Crippen molar-refractivity contribution in [2.24, 2.45) is 5.92 Å². The minimum Gasteiger partial charge on any atom is -0.397 e. The lowest BCUT2D eigenvalue weighted by Gasteiger charge is -2.36. The van der Waals surface area contributed by atoms with Crippen LogP contribution in [0.4, 0.5) is 11.4 Å². The molecule has 0 aromatic heterocycles.